The lowest BCUT2D eigenvalue weighted by molar-refractivity contribution is 1.02. The third kappa shape index (κ3) is 2.12. The van der Waals surface area contributed by atoms with E-state index >= 15 is 0 Å². The molecule has 0 spiro atoms. The second-order valence-electron chi connectivity index (χ2n) is 2.78. The van der Waals surface area contributed by atoms with Crippen molar-refractivity contribution in [2.75, 3.05) is 0 Å². The summed E-state index contributed by atoms with van der Waals surface area (Å²) < 4.78 is 0. The highest BCUT2D eigenvalue weighted by atomic mass is 14.8. The molecule has 0 aliphatic heterocycles. The van der Waals surface area contributed by atoms with Crippen LogP contribution in [-0.4, -0.2) is 9.97 Å². The molecule has 1 aromatic heterocycles. The third-order valence-electron chi connectivity index (χ3n) is 1.78. The minimum absolute atomic E-state index is 0.800. The Hall–Kier alpha value is -1.70. The van der Waals surface area contributed by atoms with E-state index in [1.54, 1.807) is 12.4 Å². The third-order valence-corrected chi connectivity index (χ3v) is 1.78. The highest BCUT2D eigenvalue weighted by Crippen LogP contribution is 2.04. The van der Waals surface area contributed by atoms with Gasteiger partial charge < -0.3 is 0 Å². The van der Waals surface area contributed by atoms with Gasteiger partial charge in [-0.1, -0.05) is 30.3 Å². The highest BCUT2D eigenvalue weighted by molar-refractivity contribution is 5.19. The van der Waals surface area contributed by atoms with E-state index in [4.69, 9.17) is 0 Å². The molecule has 1 aromatic carbocycles. The first-order valence-electron chi connectivity index (χ1n) is 4.16. The molecule has 2 heteroatoms. The lowest BCUT2D eigenvalue weighted by Gasteiger charge is -1.97. The number of benzene rings is 1. The molecule has 63 valence electrons. The van der Waals surface area contributed by atoms with Gasteiger partial charge in [0.15, 0.2) is 0 Å². The van der Waals surface area contributed by atoms with Crippen LogP contribution < -0.4 is 0 Å². The Morgan fingerprint density at radius 3 is 2.62 bits per heavy atom. The fourth-order valence-electron chi connectivity index (χ4n) is 1.17. The van der Waals surface area contributed by atoms with Gasteiger partial charge in [-0.15, -0.1) is 0 Å². The lowest BCUT2D eigenvalue weighted by Crippen LogP contribution is -1.92. The number of nitrogens with zero attached hydrogens (tertiary/aromatic N) is 2. The molecule has 0 saturated carbocycles. The summed E-state index contributed by atoms with van der Waals surface area (Å²) in [5, 5.41) is 0. The van der Waals surface area contributed by atoms with Crippen LogP contribution >= 0.6 is 0 Å². The first kappa shape index (κ1) is 7.92. The molecule has 13 heavy (non-hydrogen) atoms. The van der Waals surface area contributed by atoms with Crippen LogP contribution in [0.4, 0.5) is 0 Å². The Bertz CT molecular complexity index is 319. The van der Waals surface area contributed by atoms with Crippen molar-refractivity contribution < 1.29 is 0 Å². The Morgan fingerprint density at radius 2 is 1.92 bits per heavy atom. The molecule has 0 saturated heterocycles. The average molecular weight is 169 g/mol. The zero-order valence-corrected chi connectivity index (χ0v) is 7.14. The molecule has 0 unspecified atom stereocenters. The largest absolute Gasteiger partial charge is 0.257 e. The summed E-state index contributed by atoms with van der Waals surface area (Å²) in [6.45, 7) is 0. The quantitative estimate of drug-likeness (QED) is 0.685. The van der Waals surface area contributed by atoms with E-state index in [9.17, 15) is 0 Å². The summed E-state index contributed by atoms with van der Waals surface area (Å²) >= 11 is 0. The van der Waals surface area contributed by atoms with E-state index in [-0.39, 0.29) is 0 Å². The molecule has 1 heterocycles. The summed E-state index contributed by atoms with van der Waals surface area (Å²) in [4.78, 5) is 8.05. The monoisotopic (exact) mass is 169 g/mol. The summed E-state index contributed by atoms with van der Waals surface area (Å²) in [7, 11) is 0. The van der Waals surface area contributed by atoms with Crippen LogP contribution in [0, 0.1) is 6.20 Å². The van der Waals surface area contributed by atoms with Crippen molar-refractivity contribution in [3.63, 3.8) is 0 Å². The van der Waals surface area contributed by atoms with Gasteiger partial charge in [0.05, 0.1) is 5.69 Å². The Morgan fingerprint density at radius 1 is 1.08 bits per heavy atom. The summed E-state index contributed by atoms with van der Waals surface area (Å²) in [5.41, 5.74) is 2.12. The van der Waals surface area contributed by atoms with E-state index in [1.807, 2.05) is 18.2 Å². The molecule has 0 atom stereocenters. The molecule has 0 aliphatic carbocycles. The van der Waals surface area contributed by atoms with Crippen molar-refractivity contribution in [1.82, 2.24) is 9.97 Å². The zero-order valence-electron chi connectivity index (χ0n) is 7.14. The van der Waals surface area contributed by atoms with Gasteiger partial charge in [-0.05, 0) is 5.56 Å². The van der Waals surface area contributed by atoms with E-state index in [1.165, 1.54) is 5.56 Å². The first-order chi connectivity index (χ1) is 6.45. The number of aromatic nitrogens is 2. The van der Waals surface area contributed by atoms with Crippen molar-refractivity contribution in [3.8, 4) is 0 Å². The molecule has 0 N–H and O–H groups in total. The molecule has 2 nitrogen and oxygen atoms in total. The first-order valence-corrected chi connectivity index (χ1v) is 4.16. The van der Waals surface area contributed by atoms with E-state index < -0.39 is 0 Å². The normalized spacial score (nSPS) is 9.85. The second kappa shape index (κ2) is 3.81. The highest BCUT2D eigenvalue weighted by Gasteiger charge is 1.95. The summed E-state index contributed by atoms with van der Waals surface area (Å²) in [6, 6.07) is 10.2. The van der Waals surface area contributed by atoms with Crippen LogP contribution in [-0.2, 0) is 6.42 Å². The molecule has 0 bridgehead atoms. The van der Waals surface area contributed by atoms with Crippen LogP contribution in [0.15, 0.2) is 42.7 Å². The maximum absolute atomic E-state index is 4.16. The Balaban J connectivity index is 2.16. The number of rotatable bonds is 2. The van der Waals surface area contributed by atoms with Crippen molar-refractivity contribution in [1.29, 1.82) is 0 Å². The minimum atomic E-state index is 0.800. The average Bonchev–Trinajstić information content (AvgIpc) is 2.21. The van der Waals surface area contributed by atoms with Gasteiger partial charge in [0.25, 0.3) is 0 Å². The summed E-state index contributed by atoms with van der Waals surface area (Å²) in [6.07, 6.45) is 6.98. The van der Waals surface area contributed by atoms with Crippen molar-refractivity contribution in [2.45, 2.75) is 6.42 Å². The molecule has 1 radical (unpaired) electrons. The Kier molecular flexibility index (Phi) is 2.32. The van der Waals surface area contributed by atoms with Gasteiger partial charge in [0.2, 0.25) is 0 Å². The minimum Gasteiger partial charge on any atom is -0.257 e. The van der Waals surface area contributed by atoms with Crippen LogP contribution in [0.25, 0.3) is 0 Å². The maximum atomic E-state index is 4.16. The number of hydrogen-bond donors (Lipinski definition) is 0. The van der Waals surface area contributed by atoms with Gasteiger partial charge in [-0.25, -0.2) is 0 Å². The van der Waals surface area contributed by atoms with Crippen LogP contribution in [0.5, 0.6) is 0 Å². The standard InChI is InChI=1S/C11H9N2/c1-2-4-10(5-3-1)8-11-9-12-6-7-13-11/h1-7H,8H2. The van der Waals surface area contributed by atoms with Gasteiger partial charge in [0.1, 0.15) is 6.20 Å². The smallest absolute Gasteiger partial charge is 0.112 e. The fourth-order valence-corrected chi connectivity index (χ4v) is 1.17. The Labute approximate surface area is 77.3 Å². The van der Waals surface area contributed by atoms with E-state index in [0.29, 0.717) is 0 Å². The molecule has 0 aliphatic rings. The second-order valence-corrected chi connectivity index (χ2v) is 2.78. The SMILES string of the molecule is [c]1nccnc1Cc1ccccc1. The summed E-state index contributed by atoms with van der Waals surface area (Å²) in [5.74, 6) is 0. The van der Waals surface area contributed by atoms with Crippen LogP contribution in [0.2, 0.25) is 0 Å². The molecule has 0 amide bonds. The van der Waals surface area contributed by atoms with Crippen LogP contribution in [0.1, 0.15) is 11.3 Å². The molecule has 2 aromatic rings. The van der Waals surface area contributed by atoms with E-state index in [0.717, 1.165) is 12.1 Å². The zero-order chi connectivity index (χ0) is 8.93. The van der Waals surface area contributed by atoms with Crippen molar-refractivity contribution >= 4 is 0 Å². The van der Waals surface area contributed by atoms with Gasteiger partial charge in [-0.3, -0.25) is 9.97 Å². The van der Waals surface area contributed by atoms with Crippen molar-refractivity contribution in [3.05, 3.63) is 60.2 Å². The fraction of sp³-hybridized carbons (Fsp3) is 0.0909. The van der Waals surface area contributed by atoms with Crippen LogP contribution in [0.3, 0.4) is 0 Å². The van der Waals surface area contributed by atoms with Gasteiger partial charge >= 0.3 is 0 Å². The maximum Gasteiger partial charge on any atom is 0.112 e. The topological polar surface area (TPSA) is 25.8 Å². The molecule has 2 rings (SSSR count). The predicted octanol–water partition coefficient (Wildman–Crippen LogP) is 1.87. The molecule has 0 fully saturated rings. The predicted molar refractivity (Wildman–Crippen MR) is 50.1 cm³/mol. The number of hydrogen-bond acceptors (Lipinski definition) is 2. The van der Waals surface area contributed by atoms with Crippen molar-refractivity contribution in [2.24, 2.45) is 0 Å². The van der Waals surface area contributed by atoms with Gasteiger partial charge in [0, 0.05) is 18.8 Å². The molecular weight excluding hydrogens is 160 g/mol. The van der Waals surface area contributed by atoms with Gasteiger partial charge in [-0.2, -0.15) is 0 Å². The van der Waals surface area contributed by atoms with E-state index in [2.05, 4.69) is 28.3 Å². The molecular formula is C11H9N2. The lowest BCUT2D eigenvalue weighted by atomic mass is 10.1.